The molecule has 1 rings (SSSR count). The minimum Gasteiger partial charge on any atom is -0.481 e. The summed E-state index contributed by atoms with van der Waals surface area (Å²) in [4.78, 5) is 0. The van der Waals surface area contributed by atoms with E-state index in [-0.39, 0.29) is 12.0 Å². The van der Waals surface area contributed by atoms with Crippen LogP contribution in [0.2, 0.25) is 0 Å². The number of aromatic nitrogens is 2. The number of nitrogens with zero attached hydrogens (tertiary/aromatic N) is 2. The van der Waals surface area contributed by atoms with Crippen molar-refractivity contribution >= 4 is 0 Å². The van der Waals surface area contributed by atoms with Crippen LogP contribution in [0.15, 0.2) is 0 Å². The average Bonchev–Trinajstić information content (AvgIpc) is 2.41. The standard InChI is InChI=1S/C11H20N2O2/c1-8-9(6-11(2,3)7-14)10(15-5)13(4)12-8/h14H,6-7H2,1-5H3. The number of hydrogen-bond donors (Lipinski definition) is 1. The van der Waals surface area contributed by atoms with Gasteiger partial charge in [0.2, 0.25) is 5.88 Å². The number of hydrogen-bond acceptors (Lipinski definition) is 3. The minimum absolute atomic E-state index is 0.138. The summed E-state index contributed by atoms with van der Waals surface area (Å²) in [7, 11) is 3.51. The summed E-state index contributed by atoms with van der Waals surface area (Å²) in [5.41, 5.74) is 1.91. The molecule has 0 aliphatic carbocycles. The Morgan fingerprint density at radius 1 is 1.47 bits per heavy atom. The summed E-state index contributed by atoms with van der Waals surface area (Å²) in [5, 5.41) is 13.6. The van der Waals surface area contributed by atoms with E-state index in [4.69, 9.17) is 4.74 Å². The zero-order chi connectivity index (χ0) is 11.6. The third-order valence-electron chi connectivity index (χ3n) is 2.57. The van der Waals surface area contributed by atoms with Crippen molar-refractivity contribution in [1.82, 2.24) is 9.78 Å². The molecule has 1 aromatic rings. The number of rotatable bonds is 4. The van der Waals surface area contributed by atoms with Crippen LogP contribution in [0.1, 0.15) is 25.1 Å². The lowest BCUT2D eigenvalue weighted by Crippen LogP contribution is -2.20. The third kappa shape index (κ3) is 2.50. The van der Waals surface area contributed by atoms with Crippen molar-refractivity contribution in [2.75, 3.05) is 13.7 Å². The molecule has 0 amide bonds. The van der Waals surface area contributed by atoms with Gasteiger partial charge in [0, 0.05) is 19.2 Å². The van der Waals surface area contributed by atoms with Crippen LogP contribution in [0.3, 0.4) is 0 Å². The fourth-order valence-electron chi connectivity index (χ4n) is 1.67. The fourth-order valence-corrected chi connectivity index (χ4v) is 1.67. The van der Waals surface area contributed by atoms with Crippen LogP contribution in [-0.2, 0) is 13.5 Å². The highest BCUT2D eigenvalue weighted by molar-refractivity contribution is 5.31. The molecule has 0 aliphatic heterocycles. The lowest BCUT2D eigenvalue weighted by atomic mass is 9.87. The molecule has 4 nitrogen and oxygen atoms in total. The summed E-state index contributed by atoms with van der Waals surface area (Å²) in [6, 6.07) is 0. The van der Waals surface area contributed by atoms with Gasteiger partial charge < -0.3 is 9.84 Å². The molecule has 0 radical (unpaired) electrons. The smallest absolute Gasteiger partial charge is 0.214 e. The summed E-state index contributed by atoms with van der Waals surface area (Å²) >= 11 is 0. The fraction of sp³-hybridized carbons (Fsp3) is 0.727. The van der Waals surface area contributed by atoms with E-state index in [1.807, 2.05) is 27.8 Å². The average molecular weight is 212 g/mol. The van der Waals surface area contributed by atoms with E-state index >= 15 is 0 Å². The van der Waals surface area contributed by atoms with Gasteiger partial charge in [-0.25, -0.2) is 4.68 Å². The molecule has 1 N–H and O–H groups in total. The molecule has 15 heavy (non-hydrogen) atoms. The van der Waals surface area contributed by atoms with Gasteiger partial charge in [0.25, 0.3) is 0 Å². The van der Waals surface area contributed by atoms with Crippen LogP contribution in [0.5, 0.6) is 5.88 Å². The zero-order valence-electron chi connectivity index (χ0n) is 10.2. The maximum Gasteiger partial charge on any atom is 0.214 e. The van der Waals surface area contributed by atoms with Crippen molar-refractivity contribution in [3.05, 3.63) is 11.3 Å². The van der Waals surface area contributed by atoms with Crippen LogP contribution >= 0.6 is 0 Å². The van der Waals surface area contributed by atoms with Crippen molar-refractivity contribution in [2.45, 2.75) is 27.2 Å². The molecule has 0 spiro atoms. The first-order valence-corrected chi connectivity index (χ1v) is 5.08. The van der Waals surface area contributed by atoms with Gasteiger partial charge in [-0.05, 0) is 18.8 Å². The molecule has 0 bridgehead atoms. The van der Waals surface area contributed by atoms with E-state index < -0.39 is 0 Å². The molecule has 4 heteroatoms. The van der Waals surface area contributed by atoms with Gasteiger partial charge in [-0.15, -0.1) is 0 Å². The van der Waals surface area contributed by atoms with Crippen molar-refractivity contribution in [1.29, 1.82) is 0 Å². The summed E-state index contributed by atoms with van der Waals surface area (Å²) in [6.45, 7) is 6.17. The maximum absolute atomic E-state index is 9.25. The number of aliphatic hydroxyl groups excluding tert-OH is 1. The zero-order valence-corrected chi connectivity index (χ0v) is 10.2. The molecule has 0 fully saturated rings. The highest BCUT2D eigenvalue weighted by Gasteiger charge is 2.23. The van der Waals surface area contributed by atoms with Gasteiger partial charge in [-0.3, -0.25) is 0 Å². The van der Waals surface area contributed by atoms with Crippen molar-refractivity contribution in [3.8, 4) is 5.88 Å². The van der Waals surface area contributed by atoms with Crippen LogP contribution in [0.4, 0.5) is 0 Å². The third-order valence-corrected chi connectivity index (χ3v) is 2.57. The molecule has 0 atom stereocenters. The first kappa shape index (κ1) is 12.0. The largest absolute Gasteiger partial charge is 0.481 e. The van der Waals surface area contributed by atoms with Gasteiger partial charge in [-0.1, -0.05) is 13.8 Å². The van der Waals surface area contributed by atoms with E-state index in [0.717, 1.165) is 23.6 Å². The van der Waals surface area contributed by atoms with Crippen LogP contribution in [-0.4, -0.2) is 28.6 Å². The first-order chi connectivity index (χ1) is 6.91. The Morgan fingerprint density at radius 2 is 2.07 bits per heavy atom. The molecule has 1 aromatic heterocycles. The predicted octanol–water partition coefficient (Wildman–Crippen LogP) is 1.30. The summed E-state index contributed by atoms with van der Waals surface area (Å²) in [5.74, 6) is 0.786. The van der Waals surface area contributed by atoms with Gasteiger partial charge in [0.15, 0.2) is 0 Å². The van der Waals surface area contributed by atoms with E-state index in [9.17, 15) is 5.11 Å². The van der Waals surface area contributed by atoms with Gasteiger partial charge in [-0.2, -0.15) is 5.10 Å². The molecule has 1 heterocycles. The molecule has 0 aliphatic rings. The van der Waals surface area contributed by atoms with E-state index in [1.165, 1.54) is 0 Å². The number of methoxy groups -OCH3 is 1. The monoisotopic (exact) mass is 212 g/mol. The Kier molecular flexibility index (Phi) is 3.39. The Morgan fingerprint density at radius 3 is 2.53 bits per heavy atom. The van der Waals surface area contributed by atoms with Gasteiger partial charge >= 0.3 is 0 Å². The van der Waals surface area contributed by atoms with E-state index in [2.05, 4.69) is 5.10 Å². The lowest BCUT2D eigenvalue weighted by molar-refractivity contribution is 0.158. The molecule has 86 valence electrons. The quantitative estimate of drug-likeness (QED) is 0.818. The highest BCUT2D eigenvalue weighted by atomic mass is 16.5. The maximum atomic E-state index is 9.25. The Hall–Kier alpha value is -1.03. The predicted molar refractivity (Wildman–Crippen MR) is 59.1 cm³/mol. The SMILES string of the molecule is COc1c(CC(C)(C)CO)c(C)nn1C. The minimum atomic E-state index is -0.138. The number of ether oxygens (including phenoxy) is 1. The molecule has 0 aromatic carbocycles. The molecular formula is C11H20N2O2. The Bertz CT molecular complexity index is 343. The van der Waals surface area contributed by atoms with E-state index in [0.29, 0.717) is 0 Å². The first-order valence-electron chi connectivity index (χ1n) is 5.08. The van der Waals surface area contributed by atoms with Crippen molar-refractivity contribution in [3.63, 3.8) is 0 Å². The van der Waals surface area contributed by atoms with Gasteiger partial charge in [0.05, 0.1) is 12.8 Å². The summed E-state index contributed by atoms with van der Waals surface area (Å²) < 4.78 is 7.04. The molecule has 0 saturated heterocycles. The van der Waals surface area contributed by atoms with Crippen molar-refractivity contribution in [2.24, 2.45) is 12.5 Å². The number of aryl methyl sites for hydroxylation is 2. The van der Waals surface area contributed by atoms with Crippen molar-refractivity contribution < 1.29 is 9.84 Å². The second-order valence-corrected chi connectivity index (χ2v) is 4.70. The van der Waals surface area contributed by atoms with E-state index in [1.54, 1.807) is 11.8 Å². The molecule has 0 unspecified atom stereocenters. The summed E-state index contributed by atoms with van der Waals surface area (Å²) in [6.07, 6.45) is 0.770. The molecular weight excluding hydrogens is 192 g/mol. The second-order valence-electron chi connectivity index (χ2n) is 4.70. The van der Waals surface area contributed by atoms with Crippen LogP contribution in [0.25, 0.3) is 0 Å². The van der Waals surface area contributed by atoms with Gasteiger partial charge in [0.1, 0.15) is 0 Å². The number of aliphatic hydroxyl groups is 1. The second kappa shape index (κ2) is 4.23. The Balaban J connectivity index is 3.03. The van der Waals surface area contributed by atoms with Crippen LogP contribution in [0, 0.1) is 12.3 Å². The van der Waals surface area contributed by atoms with Crippen LogP contribution < -0.4 is 4.74 Å². The lowest BCUT2D eigenvalue weighted by Gasteiger charge is -2.21. The topological polar surface area (TPSA) is 47.3 Å². The Labute approximate surface area is 90.9 Å². The molecule has 0 saturated carbocycles. The highest BCUT2D eigenvalue weighted by Crippen LogP contribution is 2.29. The normalized spacial score (nSPS) is 11.9.